The number of hydrogen-bond donors (Lipinski definition) is 0. The van der Waals surface area contributed by atoms with Gasteiger partial charge in [-0.1, -0.05) is 26.2 Å². The molecular formula is C9H22Cl4O2. The third-order valence-corrected chi connectivity index (χ3v) is 1.54. The summed E-state index contributed by atoms with van der Waals surface area (Å²) in [5.74, 6) is -0.0522. The maximum absolute atomic E-state index is 10.8. The maximum atomic E-state index is 10.8. The molecule has 0 radical (unpaired) electrons. The van der Waals surface area contributed by atoms with E-state index in [2.05, 4.69) is 6.92 Å². The highest BCUT2D eigenvalue weighted by Gasteiger charge is 1.99. The number of rotatable bonds is 6. The first-order chi connectivity index (χ1) is 5.31. The predicted molar refractivity (Wildman–Crippen MR) is 74.4 cm³/mol. The van der Waals surface area contributed by atoms with Crippen molar-refractivity contribution in [3.63, 3.8) is 0 Å². The maximum Gasteiger partial charge on any atom is 0.305 e. The fourth-order valence-corrected chi connectivity index (χ4v) is 0.929. The molecule has 6 heteroatoms. The van der Waals surface area contributed by atoms with Gasteiger partial charge >= 0.3 is 5.97 Å². The minimum Gasteiger partial charge on any atom is -0.466 e. The zero-order chi connectivity index (χ0) is 8.53. The van der Waals surface area contributed by atoms with Gasteiger partial charge in [0.2, 0.25) is 0 Å². The van der Waals surface area contributed by atoms with E-state index < -0.39 is 0 Å². The average molecular weight is 304 g/mol. The van der Waals surface area contributed by atoms with Gasteiger partial charge in [-0.3, -0.25) is 4.79 Å². The second-order valence-corrected chi connectivity index (χ2v) is 2.62. The first-order valence-corrected chi connectivity index (χ1v) is 4.46. The summed E-state index contributed by atoms with van der Waals surface area (Å²) in [7, 11) is 0. The second-order valence-electron chi connectivity index (χ2n) is 2.62. The minimum absolute atomic E-state index is 0. The molecule has 0 aliphatic heterocycles. The van der Waals surface area contributed by atoms with E-state index in [9.17, 15) is 4.79 Å². The van der Waals surface area contributed by atoms with Crippen LogP contribution >= 0.6 is 49.6 Å². The molecule has 2 nitrogen and oxygen atoms in total. The van der Waals surface area contributed by atoms with Crippen molar-refractivity contribution in [2.75, 3.05) is 6.61 Å². The lowest BCUT2D eigenvalue weighted by Gasteiger charge is -2.00. The molecule has 0 spiro atoms. The van der Waals surface area contributed by atoms with Gasteiger partial charge in [0.15, 0.2) is 0 Å². The first-order valence-electron chi connectivity index (χ1n) is 4.46. The van der Waals surface area contributed by atoms with E-state index >= 15 is 0 Å². The van der Waals surface area contributed by atoms with Crippen molar-refractivity contribution in [2.24, 2.45) is 0 Å². The quantitative estimate of drug-likeness (QED) is 0.543. The smallest absolute Gasteiger partial charge is 0.305 e. The summed E-state index contributed by atoms with van der Waals surface area (Å²) in [6.45, 7) is 4.50. The zero-order valence-corrected chi connectivity index (χ0v) is 12.5. The van der Waals surface area contributed by atoms with Gasteiger partial charge < -0.3 is 4.74 Å². The highest BCUT2D eigenvalue weighted by molar-refractivity contribution is 5.86. The zero-order valence-electron chi connectivity index (χ0n) is 9.19. The Kier molecular flexibility index (Phi) is 47.5. The van der Waals surface area contributed by atoms with Crippen LogP contribution in [0.2, 0.25) is 0 Å². The van der Waals surface area contributed by atoms with Crippen LogP contribution in [-0.2, 0) is 9.53 Å². The molecular weight excluding hydrogens is 282 g/mol. The Hall–Kier alpha value is 0.630. The number of ether oxygens (including phenoxy) is 1. The largest absolute Gasteiger partial charge is 0.466 e. The Balaban J connectivity index is -0.0000000833. The lowest BCUT2D eigenvalue weighted by atomic mass is 10.2. The molecule has 0 amide bonds. The lowest BCUT2D eigenvalue weighted by molar-refractivity contribution is -0.143. The summed E-state index contributed by atoms with van der Waals surface area (Å²) >= 11 is 0. The van der Waals surface area contributed by atoms with Crippen molar-refractivity contribution >= 4 is 55.6 Å². The molecule has 0 saturated carbocycles. The van der Waals surface area contributed by atoms with Crippen LogP contribution in [0, 0.1) is 0 Å². The van der Waals surface area contributed by atoms with Crippen LogP contribution in [0.3, 0.4) is 0 Å². The summed E-state index contributed by atoms with van der Waals surface area (Å²) < 4.78 is 4.78. The van der Waals surface area contributed by atoms with E-state index in [1.807, 2.05) is 6.92 Å². The summed E-state index contributed by atoms with van der Waals surface area (Å²) in [4.78, 5) is 10.8. The third-order valence-electron chi connectivity index (χ3n) is 1.54. The lowest BCUT2D eigenvalue weighted by Crippen LogP contribution is -2.02. The van der Waals surface area contributed by atoms with Gasteiger partial charge in [-0.05, 0) is 13.3 Å². The van der Waals surface area contributed by atoms with Gasteiger partial charge in [-0.15, -0.1) is 49.6 Å². The first kappa shape index (κ1) is 29.6. The number of esters is 1. The fraction of sp³-hybridized carbons (Fsp3) is 0.889. The van der Waals surface area contributed by atoms with Crippen LogP contribution in [0.25, 0.3) is 0 Å². The molecule has 0 heterocycles. The molecule has 15 heavy (non-hydrogen) atoms. The molecule has 0 saturated heterocycles. The van der Waals surface area contributed by atoms with Crippen LogP contribution in [0.5, 0.6) is 0 Å². The number of hydrogen-bond acceptors (Lipinski definition) is 2. The van der Waals surface area contributed by atoms with E-state index in [-0.39, 0.29) is 55.6 Å². The van der Waals surface area contributed by atoms with Crippen LogP contribution in [0.1, 0.15) is 46.0 Å². The third kappa shape index (κ3) is 25.2. The number of carbonyl (C=O) groups is 1. The normalized spacial score (nSPS) is 7.07. The summed E-state index contributed by atoms with van der Waals surface area (Å²) in [5, 5.41) is 0. The summed E-state index contributed by atoms with van der Waals surface area (Å²) in [6, 6.07) is 0. The van der Waals surface area contributed by atoms with Crippen LogP contribution in [-0.4, -0.2) is 12.6 Å². The number of halogens is 4. The van der Waals surface area contributed by atoms with E-state index in [1.54, 1.807) is 0 Å². The highest BCUT2D eigenvalue weighted by Crippen LogP contribution is 2.02. The molecule has 0 aromatic carbocycles. The van der Waals surface area contributed by atoms with E-state index in [0.29, 0.717) is 13.0 Å². The summed E-state index contributed by atoms with van der Waals surface area (Å²) in [5.41, 5.74) is 0. The highest BCUT2D eigenvalue weighted by atomic mass is 35.5. The van der Waals surface area contributed by atoms with Crippen molar-refractivity contribution in [3.8, 4) is 0 Å². The second kappa shape index (κ2) is 24.1. The van der Waals surface area contributed by atoms with Crippen molar-refractivity contribution < 1.29 is 9.53 Å². The predicted octanol–water partition coefficient (Wildman–Crippen LogP) is 4.21. The summed E-state index contributed by atoms with van der Waals surface area (Å²) in [6.07, 6.45) is 5.15. The van der Waals surface area contributed by atoms with Crippen LogP contribution in [0.4, 0.5) is 0 Å². The molecule has 0 N–H and O–H groups in total. The molecule has 0 aliphatic rings. The molecule has 0 bridgehead atoms. The molecule has 0 atom stereocenters. The molecule has 0 aromatic heterocycles. The molecule has 0 fully saturated rings. The standard InChI is InChI=1S/C9H18O2.4ClH/c1-3-5-6-7-8-9(10)11-4-2;;;;/h3-8H2,1-2H3;4*1H. The van der Waals surface area contributed by atoms with Crippen LogP contribution < -0.4 is 0 Å². The Bertz CT molecular complexity index is 112. The molecule has 0 unspecified atom stereocenters. The van der Waals surface area contributed by atoms with E-state index in [1.165, 1.54) is 12.8 Å². The monoisotopic (exact) mass is 302 g/mol. The van der Waals surface area contributed by atoms with Gasteiger partial charge in [0.05, 0.1) is 6.61 Å². The van der Waals surface area contributed by atoms with E-state index in [4.69, 9.17) is 4.74 Å². The van der Waals surface area contributed by atoms with Gasteiger partial charge in [-0.25, -0.2) is 0 Å². The molecule has 0 rings (SSSR count). The van der Waals surface area contributed by atoms with Gasteiger partial charge in [0.25, 0.3) is 0 Å². The van der Waals surface area contributed by atoms with Crippen molar-refractivity contribution in [1.29, 1.82) is 0 Å². The van der Waals surface area contributed by atoms with E-state index in [0.717, 1.165) is 12.8 Å². The Morgan fingerprint density at radius 3 is 1.87 bits per heavy atom. The average Bonchev–Trinajstić information content (AvgIpc) is 1.99. The molecule has 0 aromatic rings. The van der Waals surface area contributed by atoms with Crippen molar-refractivity contribution in [1.82, 2.24) is 0 Å². The minimum atomic E-state index is -0.0522. The number of unbranched alkanes of at least 4 members (excludes halogenated alkanes) is 3. The SMILES string of the molecule is CCCCCCC(=O)OCC.Cl.Cl.Cl.Cl. The van der Waals surface area contributed by atoms with Crippen LogP contribution in [0.15, 0.2) is 0 Å². The molecule has 0 aliphatic carbocycles. The van der Waals surface area contributed by atoms with Crippen molar-refractivity contribution in [3.05, 3.63) is 0 Å². The Morgan fingerprint density at radius 2 is 1.47 bits per heavy atom. The van der Waals surface area contributed by atoms with Crippen molar-refractivity contribution in [2.45, 2.75) is 46.0 Å². The van der Waals surface area contributed by atoms with Gasteiger partial charge in [0, 0.05) is 6.42 Å². The topological polar surface area (TPSA) is 26.3 Å². The molecule has 98 valence electrons. The Labute approximate surface area is 118 Å². The van der Waals surface area contributed by atoms with Gasteiger partial charge in [0.1, 0.15) is 0 Å². The fourth-order valence-electron chi connectivity index (χ4n) is 0.929. The van der Waals surface area contributed by atoms with Gasteiger partial charge in [-0.2, -0.15) is 0 Å². The number of carbonyl (C=O) groups excluding carboxylic acids is 1. The Morgan fingerprint density at radius 1 is 0.933 bits per heavy atom.